The molecule has 0 atom stereocenters. The van der Waals surface area contributed by atoms with Crippen LogP contribution in [0.2, 0.25) is 0 Å². The number of fused-ring (bicyclic) bond motifs is 1. The Bertz CT molecular complexity index is 393. The van der Waals surface area contributed by atoms with Gasteiger partial charge in [-0.1, -0.05) is 0 Å². The summed E-state index contributed by atoms with van der Waals surface area (Å²) in [6.07, 6.45) is 3.46. The van der Waals surface area contributed by atoms with Crippen LogP contribution in [0.3, 0.4) is 0 Å². The number of hydrogen-bond acceptors (Lipinski definition) is 2. The van der Waals surface area contributed by atoms with E-state index in [4.69, 9.17) is 5.73 Å². The van der Waals surface area contributed by atoms with Crippen molar-refractivity contribution in [2.75, 3.05) is 5.73 Å². The molecule has 0 saturated heterocycles. The molecule has 0 aliphatic heterocycles. The van der Waals surface area contributed by atoms with E-state index in [9.17, 15) is 0 Å². The maximum atomic E-state index is 5.68. The van der Waals surface area contributed by atoms with E-state index in [2.05, 4.69) is 25.9 Å². The van der Waals surface area contributed by atoms with Crippen molar-refractivity contribution in [2.24, 2.45) is 0 Å². The number of pyridine rings is 1. The van der Waals surface area contributed by atoms with Crippen LogP contribution in [0, 0.1) is 0 Å². The molecule has 4 heteroatoms. The molecule has 0 aliphatic rings. The second-order valence-corrected chi connectivity index (χ2v) is 3.11. The highest BCUT2D eigenvalue weighted by molar-refractivity contribution is 9.10. The lowest BCUT2D eigenvalue weighted by Crippen LogP contribution is -1.81. The molecule has 2 aromatic rings. The number of anilines is 1. The van der Waals surface area contributed by atoms with Gasteiger partial charge >= 0.3 is 0 Å². The molecule has 0 amide bonds. The lowest BCUT2D eigenvalue weighted by Gasteiger charge is -1.92. The molecule has 0 unspecified atom stereocenters. The monoisotopic (exact) mass is 211 g/mol. The summed E-state index contributed by atoms with van der Waals surface area (Å²) in [5.41, 5.74) is 7.21. The standard InChI is InChI=1S/C7H6BrN3/c8-4-1-2-10-7-6(4)5(9)3-11-7/h1-3H,9H2,(H,10,11). The number of nitrogens with one attached hydrogen (secondary N) is 1. The summed E-state index contributed by atoms with van der Waals surface area (Å²) in [5, 5.41) is 0.951. The van der Waals surface area contributed by atoms with Crippen molar-refractivity contribution in [1.82, 2.24) is 9.97 Å². The number of aromatic nitrogens is 2. The van der Waals surface area contributed by atoms with Crippen LogP contribution in [0.15, 0.2) is 22.9 Å². The van der Waals surface area contributed by atoms with Crippen LogP contribution in [0.4, 0.5) is 5.69 Å². The third-order valence-corrected chi connectivity index (χ3v) is 2.21. The first-order valence-electron chi connectivity index (χ1n) is 3.16. The fraction of sp³-hybridized carbons (Fsp3) is 0. The van der Waals surface area contributed by atoms with Crippen LogP contribution in [-0.4, -0.2) is 9.97 Å². The number of nitrogens with two attached hydrogens (primary N) is 1. The Morgan fingerprint density at radius 3 is 3.09 bits per heavy atom. The van der Waals surface area contributed by atoms with Crippen LogP contribution in [-0.2, 0) is 0 Å². The first kappa shape index (κ1) is 6.67. The third-order valence-electron chi connectivity index (χ3n) is 1.55. The molecule has 0 bridgehead atoms. The fourth-order valence-corrected chi connectivity index (χ4v) is 1.58. The zero-order chi connectivity index (χ0) is 7.84. The summed E-state index contributed by atoms with van der Waals surface area (Å²) >= 11 is 3.39. The van der Waals surface area contributed by atoms with Gasteiger partial charge in [-0.15, -0.1) is 0 Å². The van der Waals surface area contributed by atoms with E-state index in [0.29, 0.717) is 0 Å². The topological polar surface area (TPSA) is 54.7 Å². The van der Waals surface area contributed by atoms with E-state index in [1.165, 1.54) is 0 Å². The maximum absolute atomic E-state index is 5.68. The fourth-order valence-electron chi connectivity index (χ4n) is 1.04. The van der Waals surface area contributed by atoms with Gasteiger partial charge in [0.15, 0.2) is 0 Å². The molecule has 2 rings (SSSR count). The van der Waals surface area contributed by atoms with Gasteiger partial charge in [-0.2, -0.15) is 0 Å². The second kappa shape index (κ2) is 2.23. The Kier molecular flexibility index (Phi) is 1.35. The number of hydrogen-bond donors (Lipinski definition) is 2. The minimum Gasteiger partial charge on any atom is -0.397 e. The largest absolute Gasteiger partial charge is 0.397 e. The molecule has 0 spiro atoms. The van der Waals surface area contributed by atoms with Gasteiger partial charge in [0.05, 0.1) is 11.1 Å². The highest BCUT2D eigenvalue weighted by Gasteiger charge is 2.03. The van der Waals surface area contributed by atoms with Crippen molar-refractivity contribution < 1.29 is 0 Å². The first-order chi connectivity index (χ1) is 5.29. The number of aromatic amines is 1. The zero-order valence-electron chi connectivity index (χ0n) is 5.63. The highest BCUT2D eigenvalue weighted by atomic mass is 79.9. The molecular weight excluding hydrogens is 206 g/mol. The van der Waals surface area contributed by atoms with Crippen molar-refractivity contribution in [3.05, 3.63) is 22.9 Å². The van der Waals surface area contributed by atoms with Gasteiger partial charge in [0.2, 0.25) is 0 Å². The van der Waals surface area contributed by atoms with E-state index in [1.807, 2.05) is 6.07 Å². The number of nitrogen functional groups attached to an aromatic ring is 1. The SMILES string of the molecule is Nc1c[nH]c2nccc(Br)c12. The van der Waals surface area contributed by atoms with Crippen molar-refractivity contribution in [1.29, 1.82) is 0 Å². The number of rotatable bonds is 0. The van der Waals surface area contributed by atoms with Crippen molar-refractivity contribution in [3.63, 3.8) is 0 Å². The quantitative estimate of drug-likeness (QED) is 0.700. The molecule has 0 aromatic carbocycles. The molecule has 56 valence electrons. The van der Waals surface area contributed by atoms with Gasteiger partial charge in [-0.3, -0.25) is 0 Å². The van der Waals surface area contributed by atoms with Gasteiger partial charge in [0, 0.05) is 16.9 Å². The Balaban J connectivity index is 2.96. The predicted octanol–water partition coefficient (Wildman–Crippen LogP) is 1.91. The third kappa shape index (κ3) is 0.903. The van der Waals surface area contributed by atoms with Crippen molar-refractivity contribution in [2.45, 2.75) is 0 Å². The minimum absolute atomic E-state index is 0.722. The summed E-state index contributed by atoms with van der Waals surface area (Å²) in [4.78, 5) is 7.06. The van der Waals surface area contributed by atoms with Gasteiger partial charge in [-0.05, 0) is 22.0 Å². The van der Waals surface area contributed by atoms with E-state index in [-0.39, 0.29) is 0 Å². The van der Waals surface area contributed by atoms with Gasteiger partial charge < -0.3 is 10.7 Å². The molecule has 0 aliphatic carbocycles. The van der Waals surface area contributed by atoms with Gasteiger partial charge in [-0.25, -0.2) is 4.98 Å². The smallest absolute Gasteiger partial charge is 0.140 e. The molecule has 0 radical (unpaired) electrons. The Morgan fingerprint density at radius 1 is 1.55 bits per heavy atom. The molecule has 3 N–H and O–H groups in total. The molecule has 2 heterocycles. The Hall–Kier alpha value is -1.03. The summed E-state index contributed by atoms with van der Waals surface area (Å²) < 4.78 is 0.973. The summed E-state index contributed by atoms with van der Waals surface area (Å²) in [5.74, 6) is 0. The van der Waals surface area contributed by atoms with Gasteiger partial charge in [0.1, 0.15) is 5.65 Å². The van der Waals surface area contributed by atoms with Gasteiger partial charge in [0.25, 0.3) is 0 Å². The minimum atomic E-state index is 0.722. The van der Waals surface area contributed by atoms with Crippen molar-refractivity contribution in [3.8, 4) is 0 Å². The Morgan fingerprint density at radius 2 is 2.36 bits per heavy atom. The van der Waals surface area contributed by atoms with Crippen LogP contribution < -0.4 is 5.73 Å². The first-order valence-corrected chi connectivity index (χ1v) is 3.95. The number of H-pyrrole nitrogens is 1. The van der Waals surface area contributed by atoms with E-state index < -0.39 is 0 Å². The molecule has 3 nitrogen and oxygen atoms in total. The van der Waals surface area contributed by atoms with Crippen LogP contribution in [0.5, 0.6) is 0 Å². The number of nitrogens with zero attached hydrogens (tertiary/aromatic N) is 1. The predicted molar refractivity (Wildman–Crippen MR) is 48.2 cm³/mol. The maximum Gasteiger partial charge on any atom is 0.140 e. The lowest BCUT2D eigenvalue weighted by atomic mass is 10.3. The zero-order valence-corrected chi connectivity index (χ0v) is 7.22. The summed E-state index contributed by atoms with van der Waals surface area (Å²) in [6, 6.07) is 1.87. The van der Waals surface area contributed by atoms with E-state index in [0.717, 1.165) is 21.2 Å². The normalized spacial score (nSPS) is 10.6. The number of halogens is 1. The van der Waals surface area contributed by atoms with E-state index in [1.54, 1.807) is 12.4 Å². The van der Waals surface area contributed by atoms with Crippen LogP contribution in [0.25, 0.3) is 11.0 Å². The average molecular weight is 212 g/mol. The van der Waals surface area contributed by atoms with Crippen LogP contribution in [0.1, 0.15) is 0 Å². The molecule has 2 aromatic heterocycles. The average Bonchev–Trinajstić information content (AvgIpc) is 2.34. The molecular formula is C7H6BrN3. The molecule has 11 heavy (non-hydrogen) atoms. The lowest BCUT2D eigenvalue weighted by molar-refractivity contribution is 1.32. The second-order valence-electron chi connectivity index (χ2n) is 2.26. The summed E-state index contributed by atoms with van der Waals surface area (Å²) in [7, 11) is 0. The Labute approximate surface area is 71.7 Å². The molecule has 0 fully saturated rings. The summed E-state index contributed by atoms with van der Waals surface area (Å²) in [6.45, 7) is 0. The highest BCUT2D eigenvalue weighted by Crippen LogP contribution is 2.26. The van der Waals surface area contributed by atoms with Crippen molar-refractivity contribution >= 4 is 32.7 Å². The van der Waals surface area contributed by atoms with E-state index >= 15 is 0 Å². The molecule has 0 saturated carbocycles. The van der Waals surface area contributed by atoms with Crippen LogP contribution >= 0.6 is 15.9 Å².